The molecule has 1 unspecified atom stereocenters. The van der Waals surface area contributed by atoms with Gasteiger partial charge in [0.1, 0.15) is 5.25 Å². The number of amides is 1. The maximum absolute atomic E-state index is 12.8. The first-order valence-electron chi connectivity index (χ1n) is 7.95. The highest BCUT2D eigenvalue weighted by molar-refractivity contribution is 8.00. The van der Waals surface area contributed by atoms with E-state index in [0.717, 1.165) is 17.7 Å². The molecule has 0 bridgehead atoms. The number of rotatable bonds is 5. The van der Waals surface area contributed by atoms with Crippen LogP contribution in [-0.4, -0.2) is 29.8 Å². The molecular weight excluding hydrogens is 338 g/mol. The number of carbonyl (C=O) groups is 2. The van der Waals surface area contributed by atoms with Gasteiger partial charge in [-0.15, -0.1) is 11.8 Å². The molecule has 0 saturated heterocycles. The molecule has 0 radical (unpaired) electrons. The number of hydrogen-bond donors (Lipinski definition) is 2. The van der Waals surface area contributed by atoms with E-state index in [0.29, 0.717) is 11.3 Å². The predicted octanol–water partition coefficient (Wildman–Crippen LogP) is 3.50. The number of thioether (sulfide) groups is 1. The Labute approximate surface area is 150 Å². The summed E-state index contributed by atoms with van der Waals surface area (Å²) in [5, 5.41) is 11.8. The van der Waals surface area contributed by atoms with E-state index in [-0.39, 0.29) is 23.3 Å². The minimum absolute atomic E-state index is 0.126. The zero-order valence-electron chi connectivity index (χ0n) is 13.8. The van der Waals surface area contributed by atoms with Crippen molar-refractivity contribution in [3.63, 3.8) is 0 Å². The number of methoxy groups -OCH3 is 1. The van der Waals surface area contributed by atoms with Gasteiger partial charge in [-0.05, 0) is 47.1 Å². The van der Waals surface area contributed by atoms with Crippen molar-refractivity contribution in [3.8, 4) is 0 Å². The normalized spacial score (nSPS) is 16.1. The van der Waals surface area contributed by atoms with Crippen LogP contribution in [0.25, 0.3) is 0 Å². The summed E-state index contributed by atoms with van der Waals surface area (Å²) in [4.78, 5) is 24.1. The zero-order chi connectivity index (χ0) is 17.8. The molecule has 0 spiro atoms. The van der Waals surface area contributed by atoms with Crippen molar-refractivity contribution in [2.75, 3.05) is 18.2 Å². The SMILES string of the molecule is COCc1cc(NC(=O)C2SCCc3ccccc32)cc(C(=O)O)c1. The molecule has 0 fully saturated rings. The van der Waals surface area contributed by atoms with Gasteiger partial charge in [0.15, 0.2) is 0 Å². The van der Waals surface area contributed by atoms with Gasteiger partial charge in [-0.25, -0.2) is 4.79 Å². The summed E-state index contributed by atoms with van der Waals surface area (Å²) in [7, 11) is 1.54. The molecule has 0 aliphatic carbocycles. The maximum Gasteiger partial charge on any atom is 0.335 e. The van der Waals surface area contributed by atoms with Gasteiger partial charge in [-0.1, -0.05) is 24.3 Å². The lowest BCUT2D eigenvalue weighted by molar-refractivity contribution is -0.115. The van der Waals surface area contributed by atoms with E-state index >= 15 is 0 Å². The first-order chi connectivity index (χ1) is 12.1. The zero-order valence-corrected chi connectivity index (χ0v) is 14.6. The molecule has 2 aromatic carbocycles. The summed E-state index contributed by atoms with van der Waals surface area (Å²) in [6.45, 7) is 0.283. The van der Waals surface area contributed by atoms with Gasteiger partial charge in [0.05, 0.1) is 12.2 Å². The molecule has 1 heterocycles. The van der Waals surface area contributed by atoms with Gasteiger partial charge < -0.3 is 15.2 Å². The smallest absolute Gasteiger partial charge is 0.335 e. The molecule has 2 aromatic rings. The van der Waals surface area contributed by atoms with E-state index in [1.807, 2.05) is 18.2 Å². The highest BCUT2D eigenvalue weighted by Gasteiger charge is 2.27. The molecule has 25 heavy (non-hydrogen) atoms. The van der Waals surface area contributed by atoms with Gasteiger partial charge in [-0.2, -0.15) is 0 Å². The summed E-state index contributed by atoms with van der Waals surface area (Å²) < 4.78 is 5.08. The van der Waals surface area contributed by atoms with Crippen LogP contribution in [0.5, 0.6) is 0 Å². The van der Waals surface area contributed by atoms with Crippen LogP contribution in [0.15, 0.2) is 42.5 Å². The van der Waals surface area contributed by atoms with Crippen LogP contribution in [0, 0.1) is 0 Å². The van der Waals surface area contributed by atoms with E-state index in [4.69, 9.17) is 4.74 Å². The Balaban J connectivity index is 1.85. The van der Waals surface area contributed by atoms with Gasteiger partial charge >= 0.3 is 5.97 Å². The standard InChI is InChI=1S/C19H19NO4S/c1-24-11-12-8-14(19(22)23)10-15(9-12)20-18(21)17-16-5-3-2-4-13(16)6-7-25-17/h2-5,8-10,17H,6-7,11H2,1H3,(H,20,21)(H,22,23). The molecule has 5 nitrogen and oxygen atoms in total. The van der Waals surface area contributed by atoms with Crippen LogP contribution in [-0.2, 0) is 22.6 Å². The Kier molecular flexibility index (Phi) is 5.40. The average Bonchev–Trinajstić information content (AvgIpc) is 2.61. The lowest BCUT2D eigenvalue weighted by atomic mass is 10.0. The molecule has 3 rings (SSSR count). The fourth-order valence-corrected chi connectivity index (χ4v) is 4.15. The summed E-state index contributed by atoms with van der Waals surface area (Å²) in [5.41, 5.74) is 3.53. The van der Waals surface area contributed by atoms with Crippen molar-refractivity contribution in [2.45, 2.75) is 18.3 Å². The molecule has 1 amide bonds. The van der Waals surface area contributed by atoms with Crippen molar-refractivity contribution < 1.29 is 19.4 Å². The molecular formula is C19H19NO4S. The van der Waals surface area contributed by atoms with Crippen molar-refractivity contribution in [3.05, 3.63) is 64.7 Å². The van der Waals surface area contributed by atoms with Crippen molar-refractivity contribution >= 4 is 29.3 Å². The van der Waals surface area contributed by atoms with E-state index in [9.17, 15) is 14.7 Å². The lowest BCUT2D eigenvalue weighted by Crippen LogP contribution is -2.23. The minimum Gasteiger partial charge on any atom is -0.478 e. The summed E-state index contributed by atoms with van der Waals surface area (Å²) in [6.07, 6.45) is 0.955. The van der Waals surface area contributed by atoms with E-state index in [1.165, 1.54) is 11.6 Å². The largest absolute Gasteiger partial charge is 0.478 e. The number of hydrogen-bond acceptors (Lipinski definition) is 4. The fourth-order valence-electron chi connectivity index (χ4n) is 2.96. The van der Waals surface area contributed by atoms with Crippen LogP contribution >= 0.6 is 11.8 Å². The third-order valence-electron chi connectivity index (χ3n) is 4.05. The predicted molar refractivity (Wildman–Crippen MR) is 98.1 cm³/mol. The first kappa shape index (κ1) is 17.5. The Hall–Kier alpha value is -2.31. The Morgan fingerprint density at radius 2 is 2.08 bits per heavy atom. The molecule has 1 aliphatic rings. The third kappa shape index (κ3) is 4.03. The summed E-state index contributed by atoms with van der Waals surface area (Å²) >= 11 is 1.61. The third-order valence-corrected chi connectivity index (χ3v) is 5.29. The number of fused-ring (bicyclic) bond motifs is 1. The van der Waals surface area contributed by atoms with Crippen LogP contribution in [0.4, 0.5) is 5.69 Å². The summed E-state index contributed by atoms with van der Waals surface area (Å²) in [5.74, 6) is -0.284. The molecule has 130 valence electrons. The Bertz CT molecular complexity index is 806. The maximum atomic E-state index is 12.8. The van der Waals surface area contributed by atoms with Gasteiger partial charge in [0, 0.05) is 12.8 Å². The number of anilines is 1. The second-order valence-corrected chi connectivity index (χ2v) is 7.06. The number of benzene rings is 2. The van der Waals surface area contributed by atoms with E-state index in [1.54, 1.807) is 31.0 Å². The first-order valence-corrected chi connectivity index (χ1v) is 9.00. The average molecular weight is 357 g/mol. The molecule has 1 atom stereocenters. The highest BCUT2D eigenvalue weighted by atomic mass is 32.2. The van der Waals surface area contributed by atoms with Crippen molar-refractivity contribution in [1.82, 2.24) is 0 Å². The van der Waals surface area contributed by atoms with Gasteiger partial charge in [-0.3, -0.25) is 4.79 Å². The fraction of sp³-hybridized carbons (Fsp3) is 0.263. The number of aromatic carboxylic acids is 1. The Morgan fingerprint density at radius 3 is 2.84 bits per heavy atom. The Morgan fingerprint density at radius 1 is 1.28 bits per heavy atom. The second-order valence-electron chi connectivity index (χ2n) is 5.85. The lowest BCUT2D eigenvalue weighted by Gasteiger charge is -2.24. The molecule has 2 N–H and O–H groups in total. The number of carbonyl (C=O) groups excluding carboxylic acids is 1. The number of ether oxygens (including phenoxy) is 1. The molecule has 0 saturated carbocycles. The monoisotopic (exact) mass is 357 g/mol. The minimum atomic E-state index is -1.04. The molecule has 6 heteroatoms. The van der Waals surface area contributed by atoms with Crippen LogP contribution in [0.3, 0.4) is 0 Å². The van der Waals surface area contributed by atoms with Crippen LogP contribution in [0.2, 0.25) is 0 Å². The summed E-state index contributed by atoms with van der Waals surface area (Å²) in [6, 6.07) is 12.7. The van der Waals surface area contributed by atoms with Gasteiger partial charge in [0.2, 0.25) is 5.91 Å². The van der Waals surface area contributed by atoms with Crippen molar-refractivity contribution in [2.24, 2.45) is 0 Å². The number of carboxylic acid groups (broad SMARTS) is 1. The second kappa shape index (κ2) is 7.72. The van der Waals surface area contributed by atoms with E-state index < -0.39 is 5.97 Å². The van der Waals surface area contributed by atoms with Gasteiger partial charge in [0.25, 0.3) is 0 Å². The number of nitrogens with one attached hydrogen (secondary N) is 1. The van der Waals surface area contributed by atoms with Crippen LogP contribution < -0.4 is 5.32 Å². The molecule has 1 aliphatic heterocycles. The number of carboxylic acids is 1. The van der Waals surface area contributed by atoms with Crippen LogP contribution in [0.1, 0.15) is 32.3 Å². The number of aryl methyl sites for hydroxylation is 1. The molecule has 0 aromatic heterocycles. The van der Waals surface area contributed by atoms with Crippen molar-refractivity contribution in [1.29, 1.82) is 0 Å². The quantitative estimate of drug-likeness (QED) is 0.857. The van der Waals surface area contributed by atoms with E-state index in [2.05, 4.69) is 11.4 Å². The highest BCUT2D eigenvalue weighted by Crippen LogP contribution is 2.37. The topological polar surface area (TPSA) is 75.6 Å².